The molecule has 18 heavy (non-hydrogen) atoms. The van der Waals surface area contributed by atoms with E-state index < -0.39 is 4.92 Å². The molecule has 0 spiro atoms. The molecule has 7 nitrogen and oxygen atoms in total. The summed E-state index contributed by atoms with van der Waals surface area (Å²) in [6.45, 7) is 5.61. The van der Waals surface area contributed by atoms with Crippen molar-refractivity contribution >= 4 is 23.1 Å². The SMILES string of the molecule is CC(C)(C)c1nc(Cl)c([N+](=O)[O-])c(NCCO)n1. The standard InChI is InChI=1S/C10H15ClN4O3/c1-10(2,3)9-13-7(11)6(15(17)18)8(14-9)12-4-5-16/h16H,4-5H2,1-3H3,(H,12,13,14). The summed E-state index contributed by atoms with van der Waals surface area (Å²) in [5.74, 6) is 0.428. The maximum atomic E-state index is 10.9. The summed E-state index contributed by atoms with van der Waals surface area (Å²) in [5, 5.41) is 22.1. The first kappa shape index (κ1) is 14.6. The molecule has 0 aliphatic carbocycles. The first-order valence-electron chi connectivity index (χ1n) is 5.34. The topological polar surface area (TPSA) is 101 Å². The fourth-order valence-corrected chi connectivity index (χ4v) is 1.46. The van der Waals surface area contributed by atoms with Gasteiger partial charge in [-0.05, 0) is 0 Å². The Kier molecular flexibility index (Phi) is 4.42. The minimum absolute atomic E-state index is 0.0268. The maximum Gasteiger partial charge on any atom is 0.348 e. The Bertz CT molecular complexity index is 459. The van der Waals surface area contributed by atoms with E-state index in [0.717, 1.165) is 0 Å². The maximum absolute atomic E-state index is 10.9. The van der Waals surface area contributed by atoms with Crippen molar-refractivity contribution in [2.24, 2.45) is 0 Å². The lowest BCUT2D eigenvalue weighted by molar-refractivity contribution is -0.384. The number of halogens is 1. The predicted octanol–water partition coefficient (Wildman–Crippen LogP) is 1.74. The third-order valence-corrected chi connectivity index (χ3v) is 2.36. The van der Waals surface area contributed by atoms with Gasteiger partial charge < -0.3 is 10.4 Å². The lowest BCUT2D eigenvalue weighted by atomic mass is 9.96. The van der Waals surface area contributed by atoms with E-state index in [1.54, 1.807) is 0 Å². The summed E-state index contributed by atoms with van der Waals surface area (Å²) in [5.41, 5.74) is -0.757. The zero-order valence-electron chi connectivity index (χ0n) is 10.4. The van der Waals surface area contributed by atoms with Gasteiger partial charge in [-0.25, -0.2) is 9.97 Å². The molecule has 1 aromatic heterocycles. The van der Waals surface area contributed by atoms with E-state index >= 15 is 0 Å². The highest BCUT2D eigenvalue weighted by Crippen LogP contribution is 2.32. The Labute approximate surface area is 109 Å². The van der Waals surface area contributed by atoms with Crippen LogP contribution in [0.15, 0.2) is 0 Å². The van der Waals surface area contributed by atoms with Crippen LogP contribution in [0.2, 0.25) is 5.15 Å². The summed E-state index contributed by atoms with van der Waals surface area (Å²) in [4.78, 5) is 18.3. The van der Waals surface area contributed by atoms with Gasteiger partial charge in [0.2, 0.25) is 11.0 Å². The Balaban J connectivity index is 3.32. The van der Waals surface area contributed by atoms with E-state index in [-0.39, 0.29) is 35.2 Å². The van der Waals surface area contributed by atoms with Gasteiger partial charge in [-0.2, -0.15) is 0 Å². The number of nitro groups is 1. The molecular formula is C10H15ClN4O3. The van der Waals surface area contributed by atoms with Gasteiger partial charge >= 0.3 is 5.69 Å². The molecule has 0 atom stereocenters. The van der Waals surface area contributed by atoms with Crippen LogP contribution in [0.5, 0.6) is 0 Å². The zero-order chi connectivity index (χ0) is 13.9. The molecule has 1 aromatic rings. The number of nitrogens with zero attached hydrogens (tertiary/aromatic N) is 3. The van der Waals surface area contributed by atoms with Gasteiger partial charge in [-0.1, -0.05) is 32.4 Å². The second-order valence-corrected chi connectivity index (χ2v) is 5.05. The second-order valence-electron chi connectivity index (χ2n) is 4.69. The van der Waals surface area contributed by atoms with E-state index in [1.807, 2.05) is 20.8 Å². The molecular weight excluding hydrogens is 260 g/mol. The van der Waals surface area contributed by atoms with Gasteiger partial charge in [0, 0.05) is 12.0 Å². The molecule has 0 radical (unpaired) electrons. The van der Waals surface area contributed by atoms with Crippen LogP contribution >= 0.6 is 11.6 Å². The van der Waals surface area contributed by atoms with Crippen LogP contribution < -0.4 is 5.32 Å². The van der Waals surface area contributed by atoms with Gasteiger partial charge in [-0.3, -0.25) is 10.1 Å². The highest BCUT2D eigenvalue weighted by atomic mass is 35.5. The lowest BCUT2D eigenvalue weighted by Crippen LogP contribution is -2.19. The first-order valence-corrected chi connectivity index (χ1v) is 5.72. The molecule has 100 valence electrons. The average molecular weight is 275 g/mol. The Morgan fingerprint density at radius 3 is 2.50 bits per heavy atom. The smallest absolute Gasteiger partial charge is 0.348 e. The van der Waals surface area contributed by atoms with Crippen molar-refractivity contribution in [3.63, 3.8) is 0 Å². The molecule has 0 saturated carbocycles. The van der Waals surface area contributed by atoms with E-state index in [0.29, 0.717) is 5.82 Å². The number of anilines is 1. The van der Waals surface area contributed by atoms with Crippen molar-refractivity contribution in [2.45, 2.75) is 26.2 Å². The van der Waals surface area contributed by atoms with Crippen molar-refractivity contribution in [3.05, 3.63) is 21.1 Å². The van der Waals surface area contributed by atoms with E-state index in [4.69, 9.17) is 16.7 Å². The summed E-state index contributed by atoms with van der Waals surface area (Å²) < 4.78 is 0. The molecule has 0 aliphatic heterocycles. The molecule has 0 unspecified atom stereocenters. The second kappa shape index (κ2) is 5.45. The van der Waals surface area contributed by atoms with E-state index in [9.17, 15) is 10.1 Å². The molecule has 1 heterocycles. The van der Waals surface area contributed by atoms with Crippen molar-refractivity contribution < 1.29 is 10.0 Å². The molecule has 0 aliphatic rings. The quantitative estimate of drug-likeness (QED) is 0.493. The summed E-state index contributed by atoms with van der Waals surface area (Å²) in [6, 6.07) is 0. The number of aliphatic hydroxyl groups is 1. The summed E-state index contributed by atoms with van der Waals surface area (Å²) in [6.07, 6.45) is 0. The Hall–Kier alpha value is -1.47. The van der Waals surface area contributed by atoms with E-state index in [2.05, 4.69) is 15.3 Å². The summed E-state index contributed by atoms with van der Waals surface area (Å²) >= 11 is 5.82. The number of rotatable bonds is 4. The van der Waals surface area contributed by atoms with Gasteiger partial charge in [0.05, 0.1) is 11.5 Å². The predicted molar refractivity (Wildman–Crippen MR) is 68.0 cm³/mol. The minimum Gasteiger partial charge on any atom is -0.395 e. The number of hydrogen-bond acceptors (Lipinski definition) is 6. The van der Waals surface area contributed by atoms with Crippen LogP contribution in [-0.2, 0) is 5.41 Å². The van der Waals surface area contributed by atoms with E-state index in [1.165, 1.54) is 0 Å². The number of hydrogen-bond donors (Lipinski definition) is 2. The van der Waals surface area contributed by atoms with Gasteiger partial charge in [0.15, 0.2) is 0 Å². The molecule has 0 fully saturated rings. The molecule has 8 heteroatoms. The molecule has 0 aromatic carbocycles. The number of aliphatic hydroxyl groups excluding tert-OH is 1. The zero-order valence-corrected chi connectivity index (χ0v) is 11.2. The van der Waals surface area contributed by atoms with Gasteiger partial charge in [0.1, 0.15) is 5.82 Å². The van der Waals surface area contributed by atoms with Crippen LogP contribution in [0.3, 0.4) is 0 Å². The highest BCUT2D eigenvalue weighted by molar-refractivity contribution is 6.31. The molecule has 0 saturated heterocycles. The third-order valence-electron chi connectivity index (χ3n) is 2.10. The van der Waals surface area contributed by atoms with Crippen LogP contribution in [0.4, 0.5) is 11.5 Å². The molecule has 0 amide bonds. The number of aromatic nitrogens is 2. The molecule has 1 rings (SSSR count). The van der Waals surface area contributed by atoms with Crippen LogP contribution in [0, 0.1) is 10.1 Å². The van der Waals surface area contributed by atoms with Crippen molar-refractivity contribution in [1.29, 1.82) is 0 Å². The molecule has 0 bridgehead atoms. The monoisotopic (exact) mass is 274 g/mol. The largest absolute Gasteiger partial charge is 0.395 e. The van der Waals surface area contributed by atoms with Crippen molar-refractivity contribution in [2.75, 3.05) is 18.5 Å². The highest BCUT2D eigenvalue weighted by Gasteiger charge is 2.27. The Morgan fingerprint density at radius 1 is 1.44 bits per heavy atom. The first-order chi connectivity index (χ1) is 8.27. The van der Waals surface area contributed by atoms with Crippen LogP contribution in [0.25, 0.3) is 0 Å². The number of nitrogens with one attached hydrogen (secondary N) is 1. The van der Waals surface area contributed by atoms with Crippen molar-refractivity contribution in [3.8, 4) is 0 Å². The Morgan fingerprint density at radius 2 is 2.06 bits per heavy atom. The van der Waals surface area contributed by atoms with Gasteiger partial charge in [-0.15, -0.1) is 0 Å². The van der Waals surface area contributed by atoms with Gasteiger partial charge in [0.25, 0.3) is 0 Å². The normalized spacial score (nSPS) is 11.4. The summed E-state index contributed by atoms with van der Waals surface area (Å²) in [7, 11) is 0. The van der Waals surface area contributed by atoms with Crippen LogP contribution in [0.1, 0.15) is 26.6 Å². The average Bonchev–Trinajstić information content (AvgIpc) is 2.23. The molecule has 2 N–H and O–H groups in total. The fraction of sp³-hybridized carbons (Fsp3) is 0.600. The third kappa shape index (κ3) is 3.27. The lowest BCUT2D eigenvalue weighted by Gasteiger charge is -2.17. The minimum atomic E-state index is -0.644. The van der Waals surface area contributed by atoms with Crippen LogP contribution in [-0.4, -0.2) is 33.1 Å². The fourth-order valence-electron chi connectivity index (χ4n) is 1.22. The van der Waals surface area contributed by atoms with Crippen molar-refractivity contribution in [1.82, 2.24) is 9.97 Å².